The van der Waals surface area contributed by atoms with Crippen molar-refractivity contribution in [3.8, 4) is 5.75 Å². The number of hydrogen-bond donors (Lipinski definition) is 2. The van der Waals surface area contributed by atoms with Crippen molar-refractivity contribution < 1.29 is 14.3 Å². The van der Waals surface area contributed by atoms with Gasteiger partial charge in [0, 0.05) is 17.8 Å². The first kappa shape index (κ1) is 17.7. The van der Waals surface area contributed by atoms with Crippen molar-refractivity contribution >= 4 is 33.4 Å². The van der Waals surface area contributed by atoms with Gasteiger partial charge in [-0.1, -0.05) is 24.8 Å². The van der Waals surface area contributed by atoms with E-state index in [-0.39, 0.29) is 18.4 Å². The molecule has 0 fully saturated rings. The molecule has 24 heavy (non-hydrogen) atoms. The molecular weight excluding hydrogens is 372 g/mol. The molecule has 0 aromatic heterocycles. The molecule has 2 aromatic rings. The van der Waals surface area contributed by atoms with Gasteiger partial charge in [0.15, 0.2) is 0 Å². The summed E-state index contributed by atoms with van der Waals surface area (Å²) in [5.41, 5.74) is 1.85. The van der Waals surface area contributed by atoms with Gasteiger partial charge < -0.3 is 15.4 Å². The highest BCUT2D eigenvalue weighted by Crippen LogP contribution is 2.28. The molecule has 0 unspecified atom stereocenters. The number of nitrogens with one attached hydrogen (secondary N) is 2. The Morgan fingerprint density at radius 2 is 2.00 bits per heavy atom. The number of anilines is 1. The van der Waals surface area contributed by atoms with Gasteiger partial charge in [-0.15, -0.1) is 0 Å². The molecule has 0 spiro atoms. The van der Waals surface area contributed by atoms with Crippen molar-refractivity contribution in [1.82, 2.24) is 5.32 Å². The van der Waals surface area contributed by atoms with Crippen LogP contribution < -0.4 is 15.4 Å². The van der Waals surface area contributed by atoms with Crippen LogP contribution in [-0.2, 0) is 11.3 Å². The Hall–Kier alpha value is -2.60. The van der Waals surface area contributed by atoms with E-state index < -0.39 is 0 Å². The van der Waals surface area contributed by atoms with Crippen LogP contribution in [0.4, 0.5) is 5.69 Å². The van der Waals surface area contributed by atoms with Crippen LogP contribution in [0.25, 0.3) is 0 Å². The summed E-state index contributed by atoms with van der Waals surface area (Å²) in [5.74, 6) is 0.139. The maximum atomic E-state index is 12.5. The van der Waals surface area contributed by atoms with Crippen LogP contribution in [-0.4, -0.2) is 18.9 Å². The van der Waals surface area contributed by atoms with E-state index in [1.54, 1.807) is 43.5 Å². The van der Waals surface area contributed by atoms with Gasteiger partial charge in [-0.2, -0.15) is 0 Å². The number of carbonyl (C=O) groups excluding carboxylic acids is 2. The van der Waals surface area contributed by atoms with E-state index in [1.807, 2.05) is 6.07 Å². The lowest BCUT2D eigenvalue weighted by molar-refractivity contribution is -0.116. The maximum Gasteiger partial charge on any atom is 0.256 e. The fourth-order valence-corrected chi connectivity index (χ4v) is 2.63. The Morgan fingerprint density at radius 1 is 1.25 bits per heavy atom. The van der Waals surface area contributed by atoms with Crippen molar-refractivity contribution in [2.24, 2.45) is 0 Å². The first-order valence-electron chi connectivity index (χ1n) is 7.18. The van der Waals surface area contributed by atoms with E-state index in [9.17, 15) is 9.59 Å². The normalized spacial score (nSPS) is 9.92. The lowest BCUT2D eigenvalue weighted by Gasteiger charge is -2.11. The molecule has 2 N–H and O–H groups in total. The summed E-state index contributed by atoms with van der Waals surface area (Å²) in [5, 5.41) is 5.51. The van der Waals surface area contributed by atoms with Crippen LogP contribution in [0.5, 0.6) is 5.75 Å². The summed E-state index contributed by atoms with van der Waals surface area (Å²) in [4.78, 5) is 23.8. The molecule has 2 rings (SSSR count). The van der Waals surface area contributed by atoms with Gasteiger partial charge in [-0.25, -0.2) is 0 Å². The van der Waals surface area contributed by atoms with Gasteiger partial charge in [-0.3, -0.25) is 9.59 Å². The third-order valence-corrected chi connectivity index (χ3v) is 3.93. The van der Waals surface area contributed by atoms with Gasteiger partial charge in [0.05, 0.1) is 11.6 Å². The van der Waals surface area contributed by atoms with E-state index in [1.165, 1.54) is 6.08 Å². The highest BCUT2D eigenvalue weighted by Gasteiger charge is 2.12. The Balaban J connectivity index is 2.16. The highest BCUT2D eigenvalue weighted by atomic mass is 79.9. The number of methoxy groups -OCH3 is 1. The van der Waals surface area contributed by atoms with Crippen LogP contribution >= 0.6 is 15.9 Å². The van der Waals surface area contributed by atoms with Crippen molar-refractivity contribution in [2.75, 3.05) is 12.4 Å². The van der Waals surface area contributed by atoms with Crippen LogP contribution in [0.1, 0.15) is 15.9 Å². The predicted octanol–water partition coefficient (Wildman–Crippen LogP) is 3.51. The van der Waals surface area contributed by atoms with Crippen molar-refractivity contribution in [3.05, 3.63) is 70.7 Å². The monoisotopic (exact) mass is 388 g/mol. The zero-order valence-electron chi connectivity index (χ0n) is 13.1. The van der Waals surface area contributed by atoms with E-state index in [0.29, 0.717) is 17.0 Å². The summed E-state index contributed by atoms with van der Waals surface area (Å²) in [6.45, 7) is 3.65. The van der Waals surface area contributed by atoms with Crippen LogP contribution in [0, 0.1) is 0 Å². The number of carbonyl (C=O) groups is 2. The van der Waals surface area contributed by atoms with Crippen LogP contribution in [0.15, 0.2) is 59.6 Å². The summed E-state index contributed by atoms with van der Waals surface area (Å²) >= 11 is 3.38. The smallest absolute Gasteiger partial charge is 0.256 e. The van der Waals surface area contributed by atoms with Crippen LogP contribution in [0.3, 0.4) is 0 Å². The van der Waals surface area contributed by atoms with Crippen LogP contribution in [0.2, 0.25) is 0 Å². The molecule has 0 aliphatic rings. The van der Waals surface area contributed by atoms with Crippen molar-refractivity contribution in [1.29, 1.82) is 0 Å². The summed E-state index contributed by atoms with van der Waals surface area (Å²) in [6, 6.07) is 12.4. The molecule has 2 aromatic carbocycles. The van der Waals surface area contributed by atoms with Gasteiger partial charge >= 0.3 is 0 Å². The third-order valence-electron chi connectivity index (χ3n) is 3.31. The van der Waals surface area contributed by atoms with E-state index in [0.717, 1.165) is 10.0 Å². The average Bonchev–Trinajstić information content (AvgIpc) is 2.60. The maximum absolute atomic E-state index is 12.5. The first-order valence-corrected chi connectivity index (χ1v) is 7.97. The molecule has 5 nitrogen and oxygen atoms in total. The first-order chi connectivity index (χ1) is 11.5. The molecule has 0 atom stereocenters. The fourth-order valence-electron chi connectivity index (χ4n) is 2.09. The standard InChI is InChI=1S/C18H17BrN2O3/c1-3-17(22)20-11-12-6-4-5-7-14(12)18(23)21-13-8-9-16(24-2)15(19)10-13/h3-10H,1,11H2,2H3,(H,20,22)(H,21,23). The molecule has 0 aliphatic heterocycles. The number of halogens is 1. The third kappa shape index (κ3) is 4.45. The van der Waals surface area contributed by atoms with Crippen molar-refractivity contribution in [3.63, 3.8) is 0 Å². The second kappa shape index (κ2) is 8.31. The molecule has 6 heteroatoms. The zero-order valence-corrected chi connectivity index (χ0v) is 14.7. The summed E-state index contributed by atoms with van der Waals surface area (Å²) < 4.78 is 5.91. The van der Waals surface area contributed by atoms with E-state index >= 15 is 0 Å². The molecule has 0 bridgehead atoms. The van der Waals surface area contributed by atoms with Crippen molar-refractivity contribution in [2.45, 2.75) is 6.54 Å². The number of benzene rings is 2. The molecule has 0 heterocycles. The number of amides is 2. The second-order valence-corrected chi connectivity index (χ2v) is 5.74. The zero-order chi connectivity index (χ0) is 17.5. The van der Waals surface area contributed by atoms with E-state index in [4.69, 9.17) is 4.74 Å². The molecule has 0 saturated heterocycles. The Bertz CT molecular complexity index is 775. The fraction of sp³-hybridized carbons (Fsp3) is 0.111. The molecule has 0 radical (unpaired) electrons. The Kier molecular flexibility index (Phi) is 6.14. The van der Waals surface area contributed by atoms with Gasteiger partial charge in [0.1, 0.15) is 5.75 Å². The minimum atomic E-state index is -0.288. The number of rotatable bonds is 6. The molecule has 2 amide bonds. The minimum absolute atomic E-state index is 0.251. The topological polar surface area (TPSA) is 67.4 Å². The summed E-state index contributed by atoms with van der Waals surface area (Å²) in [7, 11) is 1.58. The average molecular weight is 389 g/mol. The largest absolute Gasteiger partial charge is 0.496 e. The molecular formula is C18H17BrN2O3. The number of ether oxygens (including phenoxy) is 1. The Morgan fingerprint density at radius 3 is 2.67 bits per heavy atom. The lowest BCUT2D eigenvalue weighted by atomic mass is 10.1. The molecule has 0 saturated carbocycles. The quantitative estimate of drug-likeness (QED) is 0.743. The lowest BCUT2D eigenvalue weighted by Crippen LogP contribution is -2.22. The van der Waals surface area contributed by atoms with Gasteiger partial charge in [0.2, 0.25) is 5.91 Å². The van der Waals surface area contributed by atoms with Gasteiger partial charge in [0.25, 0.3) is 5.91 Å². The van der Waals surface area contributed by atoms with Gasteiger partial charge in [-0.05, 0) is 51.8 Å². The summed E-state index contributed by atoms with van der Waals surface area (Å²) in [6.07, 6.45) is 1.19. The SMILES string of the molecule is C=CC(=O)NCc1ccccc1C(=O)Nc1ccc(OC)c(Br)c1. The predicted molar refractivity (Wildman–Crippen MR) is 97.1 cm³/mol. The number of hydrogen-bond acceptors (Lipinski definition) is 3. The van der Waals surface area contributed by atoms with E-state index in [2.05, 4.69) is 33.1 Å². The highest BCUT2D eigenvalue weighted by molar-refractivity contribution is 9.10. The second-order valence-electron chi connectivity index (χ2n) is 4.88. The molecule has 124 valence electrons. The molecule has 0 aliphatic carbocycles. The minimum Gasteiger partial charge on any atom is -0.496 e. The Labute approximate surface area is 148 Å².